The van der Waals surface area contributed by atoms with Gasteiger partial charge in [-0.05, 0) is 37.0 Å². The van der Waals surface area contributed by atoms with Crippen molar-refractivity contribution >= 4 is 11.9 Å². The molecule has 1 amide bonds. The molecule has 0 spiro atoms. The molecule has 114 valence electrons. The quantitative estimate of drug-likeness (QED) is 0.488. The van der Waals surface area contributed by atoms with E-state index in [1.165, 1.54) is 10.5 Å². The molecule has 22 heavy (non-hydrogen) atoms. The number of rotatable bonds is 6. The molecule has 0 aliphatic rings. The third-order valence-electron chi connectivity index (χ3n) is 3.50. The van der Waals surface area contributed by atoms with Crippen LogP contribution in [0.1, 0.15) is 28.8 Å². The van der Waals surface area contributed by atoms with Gasteiger partial charge in [-0.1, -0.05) is 48.5 Å². The van der Waals surface area contributed by atoms with Crippen molar-refractivity contribution in [1.82, 2.24) is 4.90 Å². The Kier molecular flexibility index (Phi) is 5.72. The van der Waals surface area contributed by atoms with Gasteiger partial charge in [0.1, 0.15) is 0 Å². The number of guanidine groups is 1. The maximum atomic E-state index is 12.4. The number of nitrogens with two attached hydrogens (primary N) is 1. The Morgan fingerprint density at radius 1 is 0.955 bits per heavy atom. The minimum Gasteiger partial charge on any atom is -0.370 e. The van der Waals surface area contributed by atoms with Crippen molar-refractivity contribution in [3.8, 4) is 0 Å². The smallest absolute Gasteiger partial charge is 0.260 e. The number of aryl methyl sites for hydroxylation is 1. The summed E-state index contributed by atoms with van der Waals surface area (Å²) < 4.78 is 0. The summed E-state index contributed by atoms with van der Waals surface area (Å²) in [7, 11) is 0. The molecular weight excluding hydrogens is 274 g/mol. The molecule has 2 aromatic carbocycles. The van der Waals surface area contributed by atoms with Gasteiger partial charge in [-0.3, -0.25) is 15.1 Å². The molecule has 0 radical (unpaired) electrons. The molecule has 0 bridgehead atoms. The number of hydrogen-bond acceptors (Lipinski definition) is 2. The van der Waals surface area contributed by atoms with Crippen LogP contribution in [0.3, 0.4) is 0 Å². The van der Waals surface area contributed by atoms with Crippen molar-refractivity contribution in [2.45, 2.75) is 19.3 Å². The number of carbonyl (C=O) groups excluding carboxylic acids is 1. The molecule has 3 N–H and O–H groups in total. The highest BCUT2D eigenvalue weighted by Gasteiger charge is 2.17. The maximum absolute atomic E-state index is 12.4. The van der Waals surface area contributed by atoms with Crippen LogP contribution < -0.4 is 5.73 Å². The number of benzene rings is 2. The van der Waals surface area contributed by atoms with Crippen LogP contribution in [-0.2, 0) is 6.42 Å². The fraction of sp³-hybridized carbons (Fsp3) is 0.222. The van der Waals surface area contributed by atoms with Crippen LogP contribution in [0.5, 0.6) is 0 Å². The highest BCUT2D eigenvalue weighted by Crippen LogP contribution is 2.08. The standard InChI is InChI=1S/C18H21N3O/c19-18(20)21(17(22)16-12-5-2-6-13-16)14-8-7-11-15-9-3-1-4-10-15/h1-6,9-10,12-13H,7-8,11,14H2,(H3,19,20). The molecule has 0 aromatic heterocycles. The van der Waals surface area contributed by atoms with E-state index in [-0.39, 0.29) is 11.9 Å². The SMILES string of the molecule is N=C(N)N(CCCCc1ccccc1)C(=O)c1ccccc1. The predicted octanol–water partition coefficient (Wildman–Crippen LogP) is 3.05. The van der Waals surface area contributed by atoms with Crippen LogP contribution in [0.15, 0.2) is 60.7 Å². The van der Waals surface area contributed by atoms with Gasteiger partial charge in [0.05, 0.1) is 0 Å². The minimum absolute atomic E-state index is 0.200. The molecule has 4 nitrogen and oxygen atoms in total. The van der Waals surface area contributed by atoms with Crippen LogP contribution >= 0.6 is 0 Å². The lowest BCUT2D eigenvalue weighted by molar-refractivity contribution is 0.0843. The zero-order valence-electron chi connectivity index (χ0n) is 12.5. The minimum atomic E-state index is -0.215. The average molecular weight is 295 g/mol. The largest absolute Gasteiger partial charge is 0.370 e. The molecule has 2 aromatic rings. The highest BCUT2D eigenvalue weighted by atomic mass is 16.2. The lowest BCUT2D eigenvalue weighted by Gasteiger charge is -2.20. The first-order valence-corrected chi connectivity index (χ1v) is 7.43. The lowest BCUT2D eigenvalue weighted by Crippen LogP contribution is -2.41. The molecule has 0 saturated carbocycles. The summed E-state index contributed by atoms with van der Waals surface area (Å²) in [6, 6.07) is 19.2. The van der Waals surface area contributed by atoms with Crippen molar-refractivity contribution in [3.05, 3.63) is 71.8 Å². The van der Waals surface area contributed by atoms with Gasteiger partial charge in [0.15, 0.2) is 5.96 Å². The topological polar surface area (TPSA) is 70.2 Å². The number of hydrogen-bond donors (Lipinski definition) is 2. The summed E-state index contributed by atoms with van der Waals surface area (Å²) in [5.74, 6) is -0.415. The van der Waals surface area contributed by atoms with Gasteiger partial charge < -0.3 is 5.73 Å². The van der Waals surface area contributed by atoms with Gasteiger partial charge in [0.25, 0.3) is 5.91 Å². The zero-order valence-corrected chi connectivity index (χ0v) is 12.5. The van der Waals surface area contributed by atoms with Gasteiger partial charge >= 0.3 is 0 Å². The Hall–Kier alpha value is -2.62. The summed E-state index contributed by atoms with van der Waals surface area (Å²) in [4.78, 5) is 13.7. The fourth-order valence-electron chi connectivity index (χ4n) is 2.31. The first-order valence-electron chi connectivity index (χ1n) is 7.43. The van der Waals surface area contributed by atoms with Crippen LogP contribution in [0.25, 0.3) is 0 Å². The van der Waals surface area contributed by atoms with E-state index in [1.54, 1.807) is 24.3 Å². The summed E-state index contributed by atoms with van der Waals surface area (Å²) in [6.45, 7) is 0.468. The monoisotopic (exact) mass is 295 g/mol. The Balaban J connectivity index is 1.87. The van der Waals surface area contributed by atoms with E-state index < -0.39 is 0 Å². The van der Waals surface area contributed by atoms with Crippen molar-refractivity contribution in [2.24, 2.45) is 5.73 Å². The molecule has 0 aliphatic heterocycles. The van der Waals surface area contributed by atoms with E-state index in [1.807, 2.05) is 24.3 Å². The van der Waals surface area contributed by atoms with Crippen LogP contribution in [0.4, 0.5) is 0 Å². The Morgan fingerprint density at radius 3 is 2.14 bits per heavy atom. The number of nitrogens with one attached hydrogen (secondary N) is 1. The van der Waals surface area contributed by atoms with E-state index in [0.29, 0.717) is 12.1 Å². The Labute approximate surface area is 131 Å². The van der Waals surface area contributed by atoms with E-state index in [4.69, 9.17) is 11.1 Å². The molecule has 0 fully saturated rings. The van der Waals surface area contributed by atoms with Gasteiger partial charge in [0.2, 0.25) is 0 Å². The van der Waals surface area contributed by atoms with Crippen molar-refractivity contribution in [2.75, 3.05) is 6.54 Å². The number of nitrogens with zero attached hydrogens (tertiary/aromatic N) is 1. The summed E-state index contributed by atoms with van der Waals surface area (Å²) >= 11 is 0. The van der Waals surface area contributed by atoms with E-state index in [2.05, 4.69) is 12.1 Å². The Bertz CT molecular complexity index is 611. The first-order chi connectivity index (χ1) is 10.7. The van der Waals surface area contributed by atoms with E-state index >= 15 is 0 Å². The van der Waals surface area contributed by atoms with Crippen molar-refractivity contribution in [1.29, 1.82) is 5.41 Å². The van der Waals surface area contributed by atoms with Crippen LogP contribution in [0.2, 0.25) is 0 Å². The molecule has 0 saturated heterocycles. The summed E-state index contributed by atoms with van der Waals surface area (Å²) in [5.41, 5.74) is 7.40. The first kappa shape index (κ1) is 15.8. The fourth-order valence-corrected chi connectivity index (χ4v) is 2.31. The van der Waals surface area contributed by atoms with E-state index in [9.17, 15) is 4.79 Å². The zero-order chi connectivity index (χ0) is 15.8. The molecular formula is C18H21N3O. The van der Waals surface area contributed by atoms with Crippen molar-refractivity contribution in [3.63, 3.8) is 0 Å². The number of carbonyl (C=O) groups is 1. The maximum Gasteiger partial charge on any atom is 0.260 e. The van der Waals surface area contributed by atoms with Crippen LogP contribution in [-0.4, -0.2) is 23.3 Å². The molecule has 4 heteroatoms. The molecule has 0 atom stereocenters. The molecule has 0 aliphatic carbocycles. The van der Waals surface area contributed by atoms with Gasteiger partial charge in [0, 0.05) is 12.1 Å². The second-order valence-corrected chi connectivity index (χ2v) is 5.15. The third kappa shape index (κ3) is 4.45. The van der Waals surface area contributed by atoms with Gasteiger partial charge in [-0.2, -0.15) is 0 Å². The highest BCUT2D eigenvalue weighted by molar-refractivity contribution is 6.04. The summed E-state index contributed by atoms with van der Waals surface area (Å²) in [5, 5.41) is 7.61. The molecule has 0 heterocycles. The third-order valence-corrected chi connectivity index (χ3v) is 3.50. The summed E-state index contributed by atoms with van der Waals surface area (Å²) in [6.07, 6.45) is 2.73. The molecule has 0 unspecified atom stereocenters. The van der Waals surface area contributed by atoms with Gasteiger partial charge in [-0.25, -0.2) is 0 Å². The molecule has 2 rings (SSSR count). The van der Waals surface area contributed by atoms with Crippen LogP contribution in [0, 0.1) is 5.41 Å². The second kappa shape index (κ2) is 7.98. The Morgan fingerprint density at radius 2 is 1.55 bits per heavy atom. The van der Waals surface area contributed by atoms with Crippen molar-refractivity contribution < 1.29 is 4.79 Å². The second-order valence-electron chi connectivity index (χ2n) is 5.15. The number of amides is 1. The number of unbranched alkanes of at least 4 members (excludes halogenated alkanes) is 1. The average Bonchev–Trinajstić information content (AvgIpc) is 2.56. The lowest BCUT2D eigenvalue weighted by atomic mass is 10.1. The predicted molar refractivity (Wildman–Crippen MR) is 88.8 cm³/mol. The normalized spacial score (nSPS) is 10.2. The van der Waals surface area contributed by atoms with Gasteiger partial charge in [-0.15, -0.1) is 0 Å². The van der Waals surface area contributed by atoms with E-state index in [0.717, 1.165) is 19.3 Å².